The fourth-order valence-corrected chi connectivity index (χ4v) is 2.38. The van der Waals surface area contributed by atoms with E-state index in [0.717, 1.165) is 6.20 Å². The van der Waals surface area contributed by atoms with Crippen molar-refractivity contribution in [3.63, 3.8) is 0 Å². The van der Waals surface area contributed by atoms with E-state index in [-0.39, 0.29) is 17.3 Å². The quantitative estimate of drug-likeness (QED) is 0.775. The van der Waals surface area contributed by atoms with Crippen LogP contribution >= 0.6 is 0 Å². The second-order valence-corrected chi connectivity index (χ2v) is 7.67. The second kappa shape index (κ2) is 6.12. The molecule has 0 spiro atoms. The highest BCUT2D eigenvalue weighted by Gasteiger charge is 2.35. The smallest absolute Gasteiger partial charge is 0.268 e. The SMILES string of the molecule is CC(C)(C)Nc1ncc(F)c(Nc2ccc3c(c2)NC(=O)C(C)(C)O3)n1. The zero-order chi connectivity index (χ0) is 19.1. The summed E-state index contributed by atoms with van der Waals surface area (Å²) in [6, 6.07) is 5.11. The first kappa shape index (κ1) is 17.9. The van der Waals surface area contributed by atoms with Crippen LogP contribution in [0.25, 0.3) is 0 Å². The van der Waals surface area contributed by atoms with Gasteiger partial charge in [0.1, 0.15) is 5.75 Å². The van der Waals surface area contributed by atoms with Crippen molar-refractivity contribution in [2.24, 2.45) is 0 Å². The Morgan fingerprint density at radius 1 is 1.27 bits per heavy atom. The molecule has 0 fully saturated rings. The molecule has 0 radical (unpaired) electrons. The molecule has 0 atom stereocenters. The molecule has 2 heterocycles. The van der Waals surface area contributed by atoms with E-state index in [1.807, 2.05) is 20.8 Å². The molecule has 0 bridgehead atoms. The Morgan fingerprint density at radius 2 is 2.00 bits per heavy atom. The molecular weight excluding hydrogens is 337 g/mol. The average Bonchev–Trinajstić information content (AvgIpc) is 2.50. The predicted molar refractivity (Wildman–Crippen MR) is 98.4 cm³/mol. The molecule has 0 saturated heterocycles. The number of rotatable bonds is 3. The maximum absolute atomic E-state index is 14.1. The summed E-state index contributed by atoms with van der Waals surface area (Å²) in [6.45, 7) is 9.26. The number of aromatic nitrogens is 2. The topological polar surface area (TPSA) is 88.2 Å². The fourth-order valence-electron chi connectivity index (χ4n) is 2.38. The molecule has 3 rings (SSSR count). The van der Waals surface area contributed by atoms with Crippen LogP contribution in [0.15, 0.2) is 24.4 Å². The number of ether oxygens (including phenoxy) is 1. The van der Waals surface area contributed by atoms with Crippen LogP contribution in [0.5, 0.6) is 5.75 Å². The lowest BCUT2D eigenvalue weighted by atomic mass is 10.1. The average molecular weight is 359 g/mol. The summed E-state index contributed by atoms with van der Waals surface area (Å²) in [5.74, 6) is 0.0851. The number of carbonyl (C=O) groups is 1. The Kier molecular flexibility index (Phi) is 4.21. The lowest BCUT2D eigenvalue weighted by molar-refractivity contribution is -0.129. The number of hydrogen-bond donors (Lipinski definition) is 3. The molecule has 7 nitrogen and oxygen atoms in total. The van der Waals surface area contributed by atoms with E-state index >= 15 is 0 Å². The normalized spacial score (nSPS) is 15.5. The minimum Gasteiger partial charge on any atom is -0.476 e. The minimum atomic E-state index is -0.936. The molecule has 1 aromatic carbocycles. The van der Waals surface area contributed by atoms with E-state index in [2.05, 4.69) is 25.9 Å². The maximum atomic E-state index is 14.1. The van der Waals surface area contributed by atoms with Gasteiger partial charge in [-0.15, -0.1) is 0 Å². The molecule has 0 aliphatic carbocycles. The summed E-state index contributed by atoms with van der Waals surface area (Å²) < 4.78 is 19.8. The minimum absolute atomic E-state index is 0.0371. The number of nitrogens with one attached hydrogen (secondary N) is 3. The van der Waals surface area contributed by atoms with Gasteiger partial charge >= 0.3 is 0 Å². The summed E-state index contributed by atoms with van der Waals surface area (Å²) in [5.41, 5.74) is -0.114. The standard InChI is InChI=1S/C18H22FN5O2/c1-17(2,3)24-16-20-9-11(19)14(23-16)21-10-6-7-13-12(8-10)22-15(25)18(4,5)26-13/h6-9H,1-5H3,(H,22,25)(H2,20,21,23,24). The van der Waals surface area contributed by atoms with Crippen molar-refractivity contribution < 1.29 is 13.9 Å². The Hall–Kier alpha value is -2.90. The number of benzene rings is 1. The van der Waals surface area contributed by atoms with Crippen molar-refractivity contribution in [3.05, 3.63) is 30.2 Å². The van der Waals surface area contributed by atoms with Gasteiger partial charge in [-0.05, 0) is 52.8 Å². The van der Waals surface area contributed by atoms with Crippen LogP contribution in [-0.2, 0) is 4.79 Å². The van der Waals surface area contributed by atoms with Crippen molar-refractivity contribution in [1.82, 2.24) is 9.97 Å². The lowest BCUT2D eigenvalue weighted by Gasteiger charge is -2.31. The predicted octanol–water partition coefficient (Wildman–Crippen LogP) is 3.68. The van der Waals surface area contributed by atoms with Crippen LogP contribution in [0.3, 0.4) is 0 Å². The van der Waals surface area contributed by atoms with Crippen molar-refractivity contribution in [1.29, 1.82) is 0 Å². The van der Waals surface area contributed by atoms with Gasteiger partial charge in [0, 0.05) is 11.2 Å². The Balaban J connectivity index is 1.85. The monoisotopic (exact) mass is 359 g/mol. The zero-order valence-electron chi connectivity index (χ0n) is 15.4. The van der Waals surface area contributed by atoms with E-state index in [4.69, 9.17) is 4.74 Å². The van der Waals surface area contributed by atoms with Gasteiger partial charge in [0.05, 0.1) is 11.9 Å². The molecule has 0 saturated carbocycles. The summed E-state index contributed by atoms with van der Waals surface area (Å²) >= 11 is 0. The number of anilines is 4. The largest absolute Gasteiger partial charge is 0.476 e. The lowest BCUT2D eigenvalue weighted by Crippen LogP contribution is -2.45. The third-order valence-electron chi connectivity index (χ3n) is 3.63. The van der Waals surface area contributed by atoms with Crippen molar-refractivity contribution in [3.8, 4) is 5.75 Å². The molecule has 0 unspecified atom stereocenters. The molecular formula is C18H22FN5O2. The third-order valence-corrected chi connectivity index (χ3v) is 3.63. The highest BCUT2D eigenvalue weighted by atomic mass is 19.1. The van der Waals surface area contributed by atoms with Crippen molar-refractivity contribution >= 4 is 29.0 Å². The van der Waals surface area contributed by atoms with Gasteiger partial charge in [0.15, 0.2) is 17.2 Å². The Morgan fingerprint density at radius 3 is 2.69 bits per heavy atom. The van der Waals surface area contributed by atoms with Gasteiger partial charge in [-0.25, -0.2) is 9.37 Å². The number of halogens is 1. The third kappa shape index (κ3) is 3.84. The van der Waals surface area contributed by atoms with E-state index < -0.39 is 11.4 Å². The number of carbonyl (C=O) groups excluding carboxylic acids is 1. The molecule has 8 heteroatoms. The van der Waals surface area contributed by atoms with E-state index in [1.165, 1.54) is 0 Å². The summed E-state index contributed by atoms with van der Waals surface area (Å²) in [5, 5.41) is 8.80. The number of nitrogens with zero attached hydrogens (tertiary/aromatic N) is 2. The summed E-state index contributed by atoms with van der Waals surface area (Å²) in [4.78, 5) is 20.2. The Bertz CT molecular complexity index is 861. The van der Waals surface area contributed by atoms with Crippen LogP contribution in [0.2, 0.25) is 0 Å². The van der Waals surface area contributed by atoms with E-state index in [0.29, 0.717) is 23.1 Å². The van der Waals surface area contributed by atoms with Crippen LogP contribution in [0.4, 0.5) is 27.5 Å². The van der Waals surface area contributed by atoms with Gasteiger partial charge < -0.3 is 20.7 Å². The fraction of sp³-hybridized carbons (Fsp3) is 0.389. The van der Waals surface area contributed by atoms with E-state index in [1.54, 1.807) is 32.0 Å². The van der Waals surface area contributed by atoms with Gasteiger partial charge in [-0.3, -0.25) is 4.79 Å². The van der Waals surface area contributed by atoms with Crippen LogP contribution in [0.1, 0.15) is 34.6 Å². The number of fused-ring (bicyclic) bond motifs is 1. The van der Waals surface area contributed by atoms with Gasteiger partial charge in [0.25, 0.3) is 5.91 Å². The number of hydrogen-bond acceptors (Lipinski definition) is 6. The highest BCUT2D eigenvalue weighted by molar-refractivity contribution is 6.00. The first-order valence-corrected chi connectivity index (χ1v) is 8.26. The molecule has 3 N–H and O–H groups in total. The van der Waals surface area contributed by atoms with Gasteiger partial charge in [0.2, 0.25) is 5.95 Å². The number of amides is 1. The van der Waals surface area contributed by atoms with Gasteiger partial charge in [-0.1, -0.05) is 0 Å². The molecule has 26 heavy (non-hydrogen) atoms. The Labute approximate surface area is 151 Å². The molecule has 138 valence electrons. The van der Waals surface area contributed by atoms with Crippen LogP contribution in [-0.4, -0.2) is 27.0 Å². The maximum Gasteiger partial charge on any atom is 0.268 e. The second-order valence-electron chi connectivity index (χ2n) is 7.67. The molecule has 2 aromatic rings. The van der Waals surface area contributed by atoms with Crippen LogP contribution < -0.4 is 20.7 Å². The summed E-state index contributed by atoms with van der Waals surface area (Å²) in [7, 11) is 0. The van der Waals surface area contributed by atoms with Gasteiger partial charge in [-0.2, -0.15) is 4.98 Å². The summed E-state index contributed by atoms with van der Waals surface area (Å²) in [6.07, 6.45) is 1.11. The molecule has 1 aromatic heterocycles. The zero-order valence-corrected chi connectivity index (χ0v) is 15.4. The molecule has 1 aliphatic heterocycles. The van der Waals surface area contributed by atoms with Crippen molar-refractivity contribution in [2.75, 3.05) is 16.0 Å². The van der Waals surface area contributed by atoms with E-state index in [9.17, 15) is 9.18 Å². The molecule has 1 aliphatic rings. The molecule has 1 amide bonds. The van der Waals surface area contributed by atoms with Crippen molar-refractivity contribution in [2.45, 2.75) is 45.8 Å². The first-order chi connectivity index (χ1) is 12.0. The first-order valence-electron chi connectivity index (χ1n) is 8.26. The van der Waals surface area contributed by atoms with Crippen LogP contribution in [0, 0.1) is 5.82 Å². The highest BCUT2D eigenvalue weighted by Crippen LogP contribution is 2.36.